The number of alkyl halides is 2. The van der Waals surface area contributed by atoms with E-state index in [0.29, 0.717) is 11.2 Å². The highest BCUT2D eigenvalue weighted by Crippen LogP contribution is 2.38. The molecular weight excluding hydrogens is 439 g/mol. The highest BCUT2D eigenvalue weighted by atomic mass is 32.2. The Labute approximate surface area is 190 Å². The second-order valence-corrected chi connectivity index (χ2v) is 12.5. The Hall–Kier alpha value is -1.23. The highest BCUT2D eigenvalue weighted by molar-refractivity contribution is 7.89. The molecule has 0 radical (unpaired) electrons. The summed E-state index contributed by atoms with van der Waals surface area (Å²) in [6, 6.07) is 4.50. The van der Waals surface area contributed by atoms with E-state index in [2.05, 4.69) is 4.72 Å². The van der Waals surface area contributed by atoms with Gasteiger partial charge >= 0.3 is 7.12 Å². The summed E-state index contributed by atoms with van der Waals surface area (Å²) in [6.07, 6.45) is -0.397. The van der Waals surface area contributed by atoms with Gasteiger partial charge in [0.15, 0.2) is 0 Å². The molecule has 1 aliphatic carbocycles. The Morgan fingerprint density at radius 3 is 2.09 bits per heavy atom. The van der Waals surface area contributed by atoms with Crippen molar-refractivity contribution < 1.29 is 31.2 Å². The van der Waals surface area contributed by atoms with Crippen LogP contribution in [0.1, 0.15) is 74.1 Å². The number of rotatable bonds is 5. The number of halogens is 2. The lowest BCUT2D eigenvalue weighted by Gasteiger charge is -2.32. The molecule has 1 saturated heterocycles. The summed E-state index contributed by atoms with van der Waals surface area (Å²) in [7, 11) is -4.67. The third-order valence-corrected chi connectivity index (χ3v) is 7.95. The van der Waals surface area contributed by atoms with Crippen LogP contribution in [0.2, 0.25) is 0 Å². The van der Waals surface area contributed by atoms with E-state index in [-0.39, 0.29) is 36.7 Å². The van der Waals surface area contributed by atoms with Gasteiger partial charge in [0, 0.05) is 23.8 Å². The third kappa shape index (κ3) is 5.63. The number of ether oxygens (including phenoxy) is 1. The van der Waals surface area contributed by atoms with Crippen LogP contribution in [0.5, 0.6) is 5.75 Å². The first-order valence-corrected chi connectivity index (χ1v) is 12.5. The number of benzene rings is 1. The predicted molar refractivity (Wildman–Crippen MR) is 120 cm³/mol. The van der Waals surface area contributed by atoms with E-state index in [1.165, 1.54) is 12.1 Å². The second-order valence-electron chi connectivity index (χ2n) is 10.8. The van der Waals surface area contributed by atoms with E-state index >= 15 is 0 Å². The molecule has 1 aliphatic heterocycles. The van der Waals surface area contributed by atoms with Crippen molar-refractivity contribution in [3.63, 3.8) is 0 Å². The molecule has 1 N–H and O–H groups in total. The Morgan fingerprint density at radius 2 is 1.59 bits per heavy atom. The largest absolute Gasteiger partial charge is 0.498 e. The minimum absolute atomic E-state index is 0.0552. The first-order valence-electron chi connectivity index (χ1n) is 11.0. The minimum atomic E-state index is -3.81. The number of sulfonamides is 1. The van der Waals surface area contributed by atoms with E-state index < -0.39 is 39.8 Å². The fourth-order valence-corrected chi connectivity index (χ4v) is 5.18. The van der Waals surface area contributed by atoms with Gasteiger partial charge in [0.25, 0.3) is 0 Å². The normalized spacial score (nSPS) is 23.3. The summed E-state index contributed by atoms with van der Waals surface area (Å²) < 4.78 is 74.0. The van der Waals surface area contributed by atoms with E-state index in [1.54, 1.807) is 26.8 Å². The molecule has 0 spiro atoms. The van der Waals surface area contributed by atoms with Crippen LogP contribution in [-0.2, 0) is 19.3 Å². The molecule has 0 bridgehead atoms. The van der Waals surface area contributed by atoms with Gasteiger partial charge in [-0.25, -0.2) is 21.9 Å². The summed E-state index contributed by atoms with van der Waals surface area (Å²) in [4.78, 5) is 0.0552. The monoisotopic (exact) mass is 473 g/mol. The molecule has 1 saturated carbocycles. The van der Waals surface area contributed by atoms with Crippen LogP contribution in [-0.4, -0.2) is 44.3 Å². The fourth-order valence-electron chi connectivity index (χ4n) is 3.73. The molecule has 2 aliphatic rings. The number of hydrogen-bond acceptors (Lipinski definition) is 5. The lowest BCUT2D eigenvalue weighted by molar-refractivity contribution is -0.0581. The van der Waals surface area contributed by atoms with Crippen molar-refractivity contribution in [3.05, 3.63) is 18.2 Å². The van der Waals surface area contributed by atoms with Gasteiger partial charge in [-0.1, -0.05) is 0 Å². The van der Waals surface area contributed by atoms with Gasteiger partial charge in [0.2, 0.25) is 15.9 Å². The molecule has 1 aromatic rings. The van der Waals surface area contributed by atoms with Crippen molar-refractivity contribution in [2.75, 3.05) is 0 Å². The van der Waals surface area contributed by atoms with E-state index in [9.17, 15) is 17.2 Å². The van der Waals surface area contributed by atoms with Crippen molar-refractivity contribution in [1.29, 1.82) is 0 Å². The van der Waals surface area contributed by atoms with Gasteiger partial charge in [0.05, 0.1) is 22.2 Å². The van der Waals surface area contributed by atoms with Gasteiger partial charge < -0.3 is 14.0 Å². The topological polar surface area (TPSA) is 73.9 Å². The van der Waals surface area contributed by atoms with E-state index in [1.807, 2.05) is 27.7 Å². The molecule has 32 heavy (non-hydrogen) atoms. The quantitative estimate of drug-likeness (QED) is 0.655. The van der Waals surface area contributed by atoms with E-state index in [0.717, 1.165) is 0 Å². The van der Waals surface area contributed by atoms with Crippen LogP contribution in [0.25, 0.3) is 0 Å². The van der Waals surface area contributed by atoms with Crippen LogP contribution in [0.3, 0.4) is 0 Å². The molecule has 10 heteroatoms. The third-order valence-electron chi connectivity index (χ3n) is 6.20. The molecule has 3 rings (SSSR count). The zero-order chi connectivity index (χ0) is 24.2. The Balaban J connectivity index is 1.96. The maximum Gasteiger partial charge on any atom is 0.498 e. The van der Waals surface area contributed by atoms with Crippen molar-refractivity contribution in [2.45, 2.75) is 108 Å². The zero-order valence-corrected chi connectivity index (χ0v) is 20.7. The molecule has 1 aromatic carbocycles. The molecular formula is C22H34BF2NO5S. The average Bonchev–Trinajstić information content (AvgIpc) is 2.82. The SMILES string of the molecule is CC(C)(C)NS(=O)(=O)c1ccc(OC2CCC(F)(F)CC2)c(B2OC(C)(C)C(C)(C)O2)c1. The summed E-state index contributed by atoms with van der Waals surface area (Å²) in [5.74, 6) is -2.28. The number of nitrogens with one attached hydrogen (secondary N) is 1. The summed E-state index contributed by atoms with van der Waals surface area (Å²) in [6.45, 7) is 12.9. The fraction of sp³-hybridized carbons (Fsp3) is 0.727. The maximum absolute atomic E-state index is 13.6. The zero-order valence-electron chi connectivity index (χ0n) is 19.9. The Morgan fingerprint density at radius 1 is 1.06 bits per heavy atom. The van der Waals surface area contributed by atoms with Gasteiger partial charge in [-0.2, -0.15) is 0 Å². The van der Waals surface area contributed by atoms with Gasteiger partial charge in [-0.05, 0) is 79.5 Å². The highest BCUT2D eigenvalue weighted by Gasteiger charge is 2.53. The first kappa shape index (κ1) is 25.4. The van der Waals surface area contributed by atoms with E-state index in [4.69, 9.17) is 14.0 Å². The molecule has 180 valence electrons. The smallest absolute Gasteiger partial charge is 0.491 e. The molecule has 0 amide bonds. The average molecular weight is 473 g/mol. The van der Waals surface area contributed by atoms with Crippen molar-refractivity contribution in [2.24, 2.45) is 0 Å². The van der Waals surface area contributed by atoms with Gasteiger partial charge in [0.1, 0.15) is 5.75 Å². The number of hydrogen-bond donors (Lipinski definition) is 1. The molecule has 0 unspecified atom stereocenters. The standard InChI is InChI=1S/C22H34BF2NO5S/c1-19(2,3)26-32(27,28)16-8-9-18(29-15-10-12-22(24,25)13-11-15)17(14-16)23-30-20(4,5)21(6,7)31-23/h8-9,14-15,26H,10-13H2,1-7H3. The predicted octanol–water partition coefficient (Wildman–Crippen LogP) is 4.02. The van der Waals surface area contributed by atoms with Crippen LogP contribution in [0, 0.1) is 0 Å². The van der Waals surface area contributed by atoms with Crippen LogP contribution < -0.4 is 14.9 Å². The first-order chi connectivity index (χ1) is 14.4. The van der Waals surface area contributed by atoms with Crippen molar-refractivity contribution in [3.8, 4) is 5.75 Å². The molecule has 6 nitrogen and oxygen atoms in total. The Kier molecular flexibility index (Phi) is 6.52. The molecule has 2 fully saturated rings. The summed E-state index contributed by atoms with van der Waals surface area (Å²) >= 11 is 0. The lowest BCUT2D eigenvalue weighted by Crippen LogP contribution is -2.42. The van der Waals surface area contributed by atoms with Crippen LogP contribution in [0.15, 0.2) is 23.1 Å². The maximum atomic E-state index is 13.6. The van der Waals surface area contributed by atoms with Crippen LogP contribution in [0.4, 0.5) is 8.78 Å². The van der Waals surface area contributed by atoms with Crippen molar-refractivity contribution in [1.82, 2.24) is 4.72 Å². The Bertz CT molecular complexity index is 934. The summed E-state index contributed by atoms with van der Waals surface area (Å²) in [5, 5.41) is 0. The summed E-state index contributed by atoms with van der Waals surface area (Å²) in [5.41, 5.74) is -1.51. The van der Waals surface area contributed by atoms with Crippen LogP contribution >= 0.6 is 0 Å². The molecule has 1 heterocycles. The lowest BCUT2D eigenvalue weighted by atomic mass is 9.78. The molecule has 0 aromatic heterocycles. The second kappa shape index (κ2) is 8.22. The van der Waals surface area contributed by atoms with Gasteiger partial charge in [-0.15, -0.1) is 0 Å². The minimum Gasteiger partial charge on any atom is -0.491 e. The molecule has 0 atom stereocenters. The van der Waals surface area contributed by atoms with Crippen molar-refractivity contribution >= 4 is 22.6 Å². The van der Waals surface area contributed by atoms with Gasteiger partial charge in [-0.3, -0.25) is 0 Å².